The number of rotatable bonds is 4. The van der Waals surface area contributed by atoms with Gasteiger partial charge in [-0.05, 0) is 82.0 Å². The van der Waals surface area contributed by atoms with Gasteiger partial charge >= 0.3 is 11.9 Å². The molecule has 6 atom stereocenters. The number of esters is 2. The summed E-state index contributed by atoms with van der Waals surface area (Å²) in [6.07, 6.45) is 15.6. The van der Waals surface area contributed by atoms with Crippen molar-refractivity contribution >= 4 is 23.8 Å². The Balaban J connectivity index is 0.000000164. The molecule has 8 nitrogen and oxygen atoms in total. The SMILES string of the molecule is CC(C)(C)C1=CC(=O)NC1=O.CC(C)(C)OC(=O)C1CC2C=CC1CC2.O=C(OCCO)C1CC2C=CC1C2. The van der Waals surface area contributed by atoms with Crippen LogP contribution in [0.4, 0.5) is 0 Å². The van der Waals surface area contributed by atoms with E-state index in [1.807, 2.05) is 41.5 Å². The fraction of sp³-hybridized carbons (Fsp3) is 0.677. The number of allylic oxidation sites excluding steroid dienone is 4. The molecule has 1 aliphatic heterocycles. The lowest BCUT2D eigenvalue weighted by Gasteiger charge is -2.37. The smallest absolute Gasteiger partial charge is 0.310 e. The van der Waals surface area contributed by atoms with Gasteiger partial charge in [-0.15, -0.1) is 0 Å². The zero-order valence-electron chi connectivity index (χ0n) is 24.2. The molecule has 1 heterocycles. The number of hydrogen-bond donors (Lipinski definition) is 2. The minimum absolute atomic E-state index is 0.00144. The second-order valence-electron chi connectivity index (χ2n) is 13.2. The van der Waals surface area contributed by atoms with Crippen LogP contribution in [0.15, 0.2) is 36.0 Å². The number of amides is 2. The van der Waals surface area contributed by atoms with E-state index in [2.05, 4.69) is 29.6 Å². The Kier molecular flexibility index (Phi) is 9.97. The first-order valence-electron chi connectivity index (χ1n) is 14.1. The minimum atomic E-state index is -0.350. The number of carbonyl (C=O) groups is 4. The van der Waals surface area contributed by atoms with Gasteiger partial charge in [-0.3, -0.25) is 24.5 Å². The molecule has 2 fully saturated rings. The Labute approximate surface area is 232 Å². The third-order valence-electron chi connectivity index (χ3n) is 7.77. The summed E-state index contributed by atoms with van der Waals surface area (Å²) in [5, 5.41) is 10.7. The van der Waals surface area contributed by atoms with E-state index in [0.29, 0.717) is 29.2 Å². The van der Waals surface area contributed by atoms with Gasteiger partial charge in [0.2, 0.25) is 0 Å². The molecule has 0 aromatic heterocycles. The van der Waals surface area contributed by atoms with Crippen LogP contribution < -0.4 is 5.32 Å². The van der Waals surface area contributed by atoms with E-state index in [4.69, 9.17) is 14.6 Å². The third kappa shape index (κ3) is 8.62. The number of nitrogens with one attached hydrogen (secondary N) is 1. The van der Waals surface area contributed by atoms with E-state index in [1.54, 1.807) is 0 Å². The minimum Gasteiger partial charge on any atom is -0.463 e. The normalized spacial score (nSPS) is 30.1. The summed E-state index contributed by atoms with van der Waals surface area (Å²) in [7, 11) is 0. The van der Waals surface area contributed by atoms with Crippen molar-refractivity contribution < 1.29 is 33.8 Å². The summed E-state index contributed by atoms with van der Waals surface area (Å²) in [5.74, 6) is 1.52. The van der Waals surface area contributed by atoms with Crippen molar-refractivity contribution in [3.05, 3.63) is 36.0 Å². The highest BCUT2D eigenvalue weighted by molar-refractivity contribution is 6.16. The van der Waals surface area contributed by atoms with Crippen LogP contribution >= 0.6 is 0 Å². The van der Waals surface area contributed by atoms with Gasteiger partial charge in [0.25, 0.3) is 11.8 Å². The van der Waals surface area contributed by atoms with Gasteiger partial charge in [-0.2, -0.15) is 0 Å². The first-order chi connectivity index (χ1) is 18.2. The molecular formula is C31H45NO7. The van der Waals surface area contributed by atoms with E-state index in [0.717, 1.165) is 25.7 Å². The average Bonchev–Trinajstić information content (AvgIpc) is 3.58. The topological polar surface area (TPSA) is 119 Å². The molecule has 0 saturated heterocycles. The molecule has 5 aliphatic carbocycles. The zero-order chi connectivity index (χ0) is 29.0. The Bertz CT molecular complexity index is 1030. The molecule has 39 heavy (non-hydrogen) atoms. The summed E-state index contributed by atoms with van der Waals surface area (Å²) >= 11 is 0. The number of aliphatic hydroxyl groups is 1. The van der Waals surface area contributed by atoms with Crippen LogP contribution in [0.2, 0.25) is 0 Å². The van der Waals surface area contributed by atoms with Gasteiger partial charge in [0.15, 0.2) is 0 Å². The van der Waals surface area contributed by atoms with Crippen molar-refractivity contribution in [2.45, 2.75) is 79.2 Å². The predicted molar refractivity (Wildman–Crippen MR) is 147 cm³/mol. The Morgan fingerprint density at radius 3 is 1.87 bits per heavy atom. The fourth-order valence-corrected chi connectivity index (χ4v) is 5.85. The molecule has 0 aromatic carbocycles. The second-order valence-corrected chi connectivity index (χ2v) is 13.2. The standard InChI is InChI=1S/C13H20O2.C10H14O3.C8H11NO2/c1-13(2,3)15-12(14)11-8-9-4-6-10(11)7-5-9;11-3-4-13-10(12)9-6-7-1-2-8(9)5-7;1-8(2,3)5-4-6(10)9-7(5)11/h4,6,9-11H,5,7-8H2,1-3H3;1-2,7-9,11H,3-6H2;4H,1-3H3,(H,9,10,11). The molecule has 0 radical (unpaired) electrons. The monoisotopic (exact) mass is 543 g/mol. The van der Waals surface area contributed by atoms with E-state index in [-0.39, 0.29) is 59.8 Å². The Hall–Kier alpha value is -2.74. The lowest BCUT2D eigenvalue weighted by Crippen LogP contribution is -2.37. The number of hydrogen-bond acceptors (Lipinski definition) is 7. The molecule has 216 valence electrons. The third-order valence-corrected chi connectivity index (χ3v) is 7.77. The van der Waals surface area contributed by atoms with Crippen molar-refractivity contribution in [1.29, 1.82) is 0 Å². The molecule has 4 bridgehead atoms. The molecule has 6 rings (SSSR count). The van der Waals surface area contributed by atoms with Crippen molar-refractivity contribution in [1.82, 2.24) is 5.32 Å². The molecule has 2 N–H and O–H groups in total. The van der Waals surface area contributed by atoms with Gasteiger partial charge < -0.3 is 14.6 Å². The first-order valence-corrected chi connectivity index (χ1v) is 14.1. The number of aliphatic hydroxyl groups excluding tert-OH is 1. The Morgan fingerprint density at radius 2 is 1.49 bits per heavy atom. The highest BCUT2D eigenvalue weighted by atomic mass is 16.6. The summed E-state index contributed by atoms with van der Waals surface area (Å²) in [6.45, 7) is 11.6. The van der Waals surface area contributed by atoms with Crippen LogP contribution in [0.3, 0.4) is 0 Å². The second kappa shape index (κ2) is 12.6. The fourth-order valence-electron chi connectivity index (χ4n) is 5.85. The van der Waals surface area contributed by atoms with Gasteiger partial charge in [-0.1, -0.05) is 45.1 Å². The van der Waals surface area contributed by atoms with E-state index < -0.39 is 0 Å². The van der Waals surface area contributed by atoms with Gasteiger partial charge in [-0.25, -0.2) is 0 Å². The maximum absolute atomic E-state index is 11.9. The highest BCUT2D eigenvalue weighted by Gasteiger charge is 2.41. The molecule has 8 heteroatoms. The quantitative estimate of drug-likeness (QED) is 0.309. The molecule has 2 saturated carbocycles. The Morgan fingerprint density at radius 1 is 0.872 bits per heavy atom. The van der Waals surface area contributed by atoms with Gasteiger partial charge in [0, 0.05) is 11.6 Å². The molecule has 0 spiro atoms. The van der Waals surface area contributed by atoms with Crippen molar-refractivity contribution in [3.63, 3.8) is 0 Å². The van der Waals surface area contributed by atoms with Crippen molar-refractivity contribution in [3.8, 4) is 0 Å². The highest BCUT2D eigenvalue weighted by Crippen LogP contribution is 2.44. The van der Waals surface area contributed by atoms with Crippen LogP contribution in [-0.2, 0) is 28.7 Å². The first kappa shape index (κ1) is 30.8. The predicted octanol–water partition coefficient (Wildman–Crippen LogP) is 4.28. The molecule has 2 amide bonds. The van der Waals surface area contributed by atoms with Crippen LogP contribution in [0.1, 0.15) is 73.6 Å². The van der Waals surface area contributed by atoms with Crippen molar-refractivity contribution in [2.75, 3.05) is 13.2 Å². The number of fused-ring (bicyclic) bond motifs is 4. The molecule has 0 aromatic rings. The summed E-state index contributed by atoms with van der Waals surface area (Å²) in [5.41, 5.74) is -0.0317. The van der Waals surface area contributed by atoms with Crippen LogP contribution in [0, 0.1) is 40.9 Å². The van der Waals surface area contributed by atoms with Crippen LogP contribution in [0.25, 0.3) is 0 Å². The lowest BCUT2D eigenvalue weighted by atomic mass is 9.69. The molecule has 6 unspecified atom stereocenters. The van der Waals surface area contributed by atoms with Crippen LogP contribution in [-0.4, -0.2) is 47.7 Å². The molecular weight excluding hydrogens is 498 g/mol. The number of carbonyl (C=O) groups excluding carboxylic acids is 4. The molecule has 6 aliphatic rings. The van der Waals surface area contributed by atoms with Gasteiger partial charge in [0.05, 0.1) is 18.4 Å². The maximum Gasteiger partial charge on any atom is 0.310 e. The zero-order valence-corrected chi connectivity index (χ0v) is 24.2. The summed E-state index contributed by atoms with van der Waals surface area (Å²) in [6, 6.07) is 0. The number of ether oxygens (including phenoxy) is 2. The van der Waals surface area contributed by atoms with Gasteiger partial charge in [0.1, 0.15) is 12.2 Å². The van der Waals surface area contributed by atoms with E-state index in [9.17, 15) is 19.2 Å². The largest absolute Gasteiger partial charge is 0.463 e. The summed E-state index contributed by atoms with van der Waals surface area (Å²) in [4.78, 5) is 45.1. The van der Waals surface area contributed by atoms with Crippen molar-refractivity contribution in [2.24, 2.45) is 40.9 Å². The average molecular weight is 544 g/mol. The van der Waals surface area contributed by atoms with E-state index in [1.165, 1.54) is 12.5 Å². The lowest BCUT2D eigenvalue weighted by molar-refractivity contribution is -0.163. The van der Waals surface area contributed by atoms with Crippen LogP contribution in [0.5, 0.6) is 0 Å². The number of imide groups is 1. The summed E-state index contributed by atoms with van der Waals surface area (Å²) < 4.78 is 10.4. The van der Waals surface area contributed by atoms with E-state index >= 15 is 0 Å². The maximum atomic E-state index is 11.9.